The Labute approximate surface area is 102 Å². The lowest BCUT2D eigenvalue weighted by Gasteiger charge is -2.12. The van der Waals surface area contributed by atoms with Crippen LogP contribution in [0.15, 0.2) is 30.5 Å². The molecule has 0 fully saturated rings. The Morgan fingerprint density at radius 1 is 1.41 bits per heavy atom. The topological polar surface area (TPSA) is 39.1 Å². The van der Waals surface area contributed by atoms with E-state index in [4.69, 9.17) is 4.74 Å². The van der Waals surface area contributed by atoms with E-state index in [-0.39, 0.29) is 0 Å². The second-order valence-corrected chi connectivity index (χ2v) is 4.24. The van der Waals surface area contributed by atoms with Crippen molar-refractivity contribution in [2.24, 2.45) is 0 Å². The number of methoxy groups -OCH3 is 1. The smallest absolute Gasteiger partial charge is 0.0682 e. The molecule has 1 unspecified atom stereocenters. The maximum atomic E-state index is 5.08. The molecule has 4 heteroatoms. The number of nitrogens with one attached hydrogen (secondary N) is 1. The van der Waals surface area contributed by atoms with Gasteiger partial charge in [0, 0.05) is 25.1 Å². The number of hydrogen-bond donors (Lipinski definition) is 1. The first kappa shape index (κ1) is 12.1. The molecule has 2 rings (SSSR count). The summed E-state index contributed by atoms with van der Waals surface area (Å²) in [6.07, 6.45) is 1.91. The summed E-state index contributed by atoms with van der Waals surface area (Å²) in [5, 5.41) is 8.98. The third kappa shape index (κ3) is 3.05. The van der Waals surface area contributed by atoms with Crippen molar-refractivity contribution in [2.45, 2.75) is 19.5 Å². The predicted octanol–water partition coefficient (Wildman–Crippen LogP) is 1.66. The highest BCUT2D eigenvalue weighted by atomic mass is 16.5. The normalized spacial score (nSPS) is 13.1. The standard InChI is InChI=1S/C13H19N3O/c1-11(10-17-2)14-7-8-16-13-6-4-3-5-12(13)9-15-16/h3-6,9,11,14H,7-8,10H2,1-2H3. The van der Waals surface area contributed by atoms with Crippen LogP contribution in [0.25, 0.3) is 10.9 Å². The summed E-state index contributed by atoms with van der Waals surface area (Å²) < 4.78 is 7.11. The van der Waals surface area contributed by atoms with Crippen LogP contribution in [0.3, 0.4) is 0 Å². The summed E-state index contributed by atoms with van der Waals surface area (Å²) in [5.74, 6) is 0. The monoisotopic (exact) mass is 233 g/mol. The molecule has 1 heterocycles. The molecule has 17 heavy (non-hydrogen) atoms. The average molecular weight is 233 g/mol. The second kappa shape index (κ2) is 5.80. The van der Waals surface area contributed by atoms with Gasteiger partial charge in [-0.15, -0.1) is 0 Å². The molecule has 1 aromatic carbocycles. The fourth-order valence-corrected chi connectivity index (χ4v) is 1.93. The lowest BCUT2D eigenvalue weighted by Crippen LogP contribution is -2.32. The number of nitrogens with zero attached hydrogens (tertiary/aromatic N) is 2. The van der Waals surface area contributed by atoms with Crippen LogP contribution in [-0.4, -0.2) is 36.1 Å². The molecule has 92 valence electrons. The van der Waals surface area contributed by atoms with Gasteiger partial charge in [0.1, 0.15) is 0 Å². The van der Waals surface area contributed by atoms with Gasteiger partial charge in [0.15, 0.2) is 0 Å². The maximum absolute atomic E-state index is 5.08. The van der Waals surface area contributed by atoms with Crippen LogP contribution in [0, 0.1) is 0 Å². The van der Waals surface area contributed by atoms with E-state index in [1.807, 2.05) is 23.0 Å². The highest BCUT2D eigenvalue weighted by Crippen LogP contribution is 2.11. The van der Waals surface area contributed by atoms with Crippen molar-refractivity contribution in [2.75, 3.05) is 20.3 Å². The molecule has 1 aromatic heterocycles. The molecule has 0 aliphatic carbocycles. The number of ether oxygens (including phenoxy) is 1. The molecule has 0 amide bonds. The molecular weight excluding hydrogens is 214 g/mol. The first-order valence-corrected chi connectivity index (χ1v) is 5.94. The third-order valence-electron chi connectivity index (χ3n) is 2.78. The van der Waals surface area contributed by atoms with E-state index in [1.165, 1.54) is 10.9 Å². The van der Waals surface area contributed by atoms with Gasteiger partial charge in [0.25, 0.3) is 0 Å². The fraction of sp³-hybridized carbons (Fsp3) is 0.462. The molecular formula is C13H19N3O. The molecule has 0 spiro atoms. The van der Waals surface area contributed by atoms with Crippen molar-refractivity contribution in [3.63, 3.8) is 0 Å². The van der Waals surface area contributed by atoms with Gasteiger partial charge in [0.2, 0.25) is 0 Å². The molecule has 0 aliphatic rings. The zero-order valence-electron chi connectivity index (χ0n) is 10.4. The number of aromatic nitrogens is 2. The molecule has 1 atom stereocenters. The van der Waals surface area contributed by atoms with Gasteiger partial charge in [-0.05, 0) is 13.0 Å². The van der Waals surface area contributed by atoms with Crippen LogP contribution in [-0.2, 0) is 11.3 Å². The van der Waals surface area contributed by atoms with E-state index < -0.39 is 0 Å². The first-order valence-electron chi connectivity index (χ1n) is 5.94. The zero-order chi connectivity index (χ0) is 12.1. The Bertz CT molecular complexity index is 466. The highest BCUT2D eigenvalue weighted by Gasteiger charge is 2.02. The Morgan fingerprint density at radius 2 is 2.24 bits per heavy atom. The van der Waals surface area contributed by atoms with Crippen LogP contribution in [0.4, 0.5) is 0 Å². The summed E-state index contributed by atoms with van der Waals surface area (Å²) in [7, 11) is 1.72. The van der Waals surface area contributed by atoms with Crippen molar-refractivity contribution < 1.29 is 4.74 Å². The maximum Gasteiger partial charge on any atom is 0.0682 e. The minimum atomic E-state index is 0.377. The lowest BCUT2D eigenvalue weighted by molar-refractivity contribution is 0.172. The van der Waals surface area contributed by atoms with Gasteiger partial charge < -0.3 is 10.1 Å². The number of para-hydroxylation sites is 1. The van der Waals surface area contributed by atoms with Crippen molar-refractivity contribution in [3.05, 3.63) is 30.5 Å². The van der Waals surface area contributed by atoms with Gasteiger partial charge in [-0.3, -0.25) is 4.68 Å². The molecule has 4 nitrogen and oxygen atoms in total. The molecule has 0 radical (unpaired) electrons. The van der Waals surface area contributed by atoms with Gasteiger partial charge >= 0.3 is 0 Å². The number of fused-ring (bicyclic) bond motifs is 1. The van der Waals surface area contributed by atoms with Gasteiger partial charge in [-0.2, -0.15) is 5.10 Å². The largest absolute Gasteiger partial charge is 0.383 e. The summed E-state index contributed by atoms with van der Waals surface area (Å²) >= 11 is 0. The van der Waals surface area contributed by atoms with Crippen molar-refractivity contribution in [1.82, 2.24) is 15.1 Å². The van der Waals surface area contributed by atoms with E-state index in [0.717, 1.165) is 19.7 Å². The van der Waals surface area contributed by atoms with Gasteiger partial charge in [-0.25, -0.2) is 0 Å². The van der Waals surface area contributed by atoms with Crippen LogP contribution < -0.4 is 5.32 Å². The number of benzene rings is 1. The Balaban J connectivity index is 1.91. The molecule has 0 saturated heterocycles. The summed E-state index contributed by atoms with van der Waals surface area (Å²) in [6.45, 7) is 4.63. The molecule has 2 aromatic rings. The van der Waals surface area contributed by atoms with Crippen molar-refractivity contribution in [1.29, 1.82) is 0 Å². The Kier molecular flexibility index (Phi) is 4.12. The van der Waals surface area contributed by atoms with Crippen LogP contribution in [0.5, 0.6) is 0 Å². The zero-order valence-corrected chi connectivity index (χ0v) is 10.4. The molecule has 0 aliphatic heterocycles. The van der Waals surface area contributed by atoms with E-state index in [2.05, 4.69) is 29.5 Å². The SMILES string of the molecule is COCC(C)NCCn1ncc2ccccc21. The summed E-state index contributed by atoms with van der Waals surface area (Å²) in [4.78, 5) is 0. The van der Waals surface area contributed by atoms with Crippen LogP contribution in [0.2, 0.25) is 0 Å². The second-order valence-electron chi connectivity index (χ2n) is 4.24. The fourth-order valence-electron chi connectivity index (χ4n) is 1.93. The van der Waals surface area contributed by atoms with Gasteiger partial charge in [-0.1, -0.05) is 18.2 Å². The van der Waals surface area contributed by atoms with E-state index in [9.17, 15) is 0 Å². The Morgan fingerprint density at radius 3 is 3.06 bits per heavy atom. The molecule has 0 saturated carbocycles. The number of hydrogen-bond acceptors (Lipinski definition) is 3. The van der Waals surface area contributed by atoms with Gasteiger partial charge in [0.05, 0.1) is 24.9 Å². The highest BCUT2D eigenvalue weighted by molar-refractivity contribution is 5.78. The van der Waals surface area contributed by atoms with E-state index in [1.54, 1.807) is 7.11 Å². The van der Waals surface area contributed by atoms with E-state index in [0.29, 0.717) is 6.04 Å². The average Bonchev–Trinajstić information content (AvgIpc) is 2.73. The quantitative estimate of drug-likeness (QED) is 0.824. The first-order chi connectivity index (χ1) is 8.31. The lowest BCUT2D eigenvalue weighted by atomic mass is 10.2. The Hall–Kier alpha value is -1.39. The van der Waals surface area contributed by atoms with Crippen LogP contribution >= 0.6 is 0 Å². The van der Waals surface area contributed by atoms with E-state index >= 15 is 0 Å². The number of rotatable bonds is 6. The van der Waals surface area contributed by atoms with Crippen molar-refractivity contribution in [3.8, 4) is 0 Å². The summed E-state index contributed by atoms with van der Waals surface area (Å²) in [5.41, 5.74) is 1.19. The minimum Gasteiger partial charge on any atom is -0.383 e. The minimum absolute atomic E-state index is 0.377. The summed E-state index contributed by atoms with van der Waals surface area (Å²) in [6, 6.07) is 8.64. The third-order valence-corrected chi connectivity index (χ3v) is 2.78. The predicted molar refractivity (Wildman–Crippen MR) is 69.1 cm³/mol. The molecule has 1 N–H and O–H groups in total. The van der Waals surface area contributed by atoms with Crippen molar-refractivity contribution >= 4 is 10.9 Å². The molecule has 0 bridgehead atoms. The van der Waals surface area contributed by atoms with Crippen LogP contribution in [0.1, 0.15) is 6.92 Å².